The molecule has 1 unspecified atom stereocenters. The minimum atomic E-state index is 0.143. The predicted molar refractivity (Wildman–Crippen MR) is 76.2 cm³/mol. The van der Waals surface area contributed by atoms with Crippen LogP contribution < -0.4 is 10.1 Å². The van der Waals surface area contributed by atoms with Crippen LogP contribution in [-0.4, -0.2) is 17.1 Å². The Balaban J connectivity index is 2.74. The Morgan fingerprint density at radius 1 is 1.22 bits per heavy atom. The second kappa shape index (κ2) is 6.95. The summed E-state index contributed by atoms with van der Waals surface area (Å²) >= 11 is 6.12. The van der Waals surface area contributed by atoms with Crippen LogP contribution in [-0.2, 0) is 6.54 Å². The van der Waals surface area contributed by atoms with Crippen LogP contribution in [0.1, 0.15) is 40.3 Å². The molecule has 0 aliphatic carbocycles. The molecule has 0 aromatic carbocycles. The van der Waals surface area contributed by atoms with Crippen LogP contribution in [0.25, 0.3) is 0 Å². The van der Waals surface area contributed by atoms with Crippen molar-refractivity contribution in [3.05, 3.63) is 22.8 Å². The van der Waals surface area contributed by atoms with Crippen molar-refractivity contribution in [2.45, 2.75) is 53.3 Å². The maximum absolute atomic E-state index is 6.12. The average molecular weight is 271 g/mol. The maximum atomic E-state index is 6.12. The lowest BCUT2D eigenvalue weighted by molar-refractivity contribution is 0.163. The second-order valence-electron chi connectivity index (χ2n) is 5.18. The molecule has 0 fully saturated rings. The van der Waals surface area contributed by atoms with Gasteiger partial charge in [0.05, 0.1) is 16.8 Å². The van der Waals surface area contributed by atoms with Crippen molar-refractivity contribution in [2.75, 3.05) is 0 Å². The number of aromatic nitrogens is 1. The van der Waals surface area contributed by atoms with Crippen molar-refractivity contribution in [3.63, 3.8) is 0 Å². The van der Waals surface area contributed by atoms with E-state index in [4.69, 9.17) is 16.3 Å². The summed E-state index contributed by atoms with van der Waals surface area (Å²) in [5, 5.41) is 3.98. The molecule has 1 N–H and O–H groups in total. The summed E-state index contributed by atoms with van der Waals surface area (Å²) in [5.74, 6) is 1.10. The minimum Gasteiger partial charge on any atom is -0.474 e. The first kappa shape index (κ1) is 15.3. The molecule has 1 aromatic heterocycles. The van der Waals surface area contributed by atoms with E-state index in [1.54, 1.807) is 0 Å². The molecule has 0 aliphatic rings. The van der Waals surface area contributed by atoms with Crippen LogP contribution >= 0.6 is 11.6 Å². The van der Waals surface area contributed by atoms with Gasteiger partial charge in [0.1, 0.15) is 0 Å². The number of hydrogen-bond acceptors (Lipinski definition) is 3. The van der Waals surface area contributed by atoms with Gasteiger partial charge in [-0.3, -0.25) is 0 Å². The quantitative estimate of drug-likeness (QED) is 0.857. The van der Waals surface area contributed by atoms with E-state index in [1.165, 1.54) is 0 Å². The molecule has 0 spiro atoms. The number of halogens is 1. The lowest BCUT2D eigenvalue weighted by Gasteiger charge is -2.18. The Labute approximate surface area is 115 Å². The number of nitrogens with zero attached hydrogens (tertiary/aromatic N) is 1. The lowest BCUT2D eigenvalue weighted by atomic mass is 10.1. The number of ether oxygens (including phenoxy) is 1. The molecule has 1 aromatic rings. The number of nitrogens with one attached hydrogen (secondary N) is 1. The molecule has 0 amide bonds. The van der Waals surface area contributed by atoms with E-state index in [-0.39, 0.29) is 6.10 Å². The van der Waals surface area contributed by atoms with E-state index < -0.39 is 0 Å². The van der Waals surface area contributed by atoms with Crippen molar-refractivity contribution in [1.29, 1.82) is 0 Å². The Bertz CT molecular complexity index is 380. The van der Waals surface area contributed by atoms with E-state index >= 15 is 0 Å². The fourth-order valence-corrected chi connectivity index (χ4v) is 1.45. The average Bonchev–Trinajstić information content (AvgIpc) is 2.29. The highest BCUT2D eigenvalue weighted by Crippen LogP contribution is 2.20. The third-order valence-corrected chi connectivity index (χ3v) is 3.16. The van der Waals surface area contributed by atoms with Crippen LogP contribution in [0, 0.1) is 5.92 Å². The van der Waals surface area contributed by atoms with Crippen molar-refractivity contribution in [3.8, 4) is 5.88 Å². The Hall–Kier alpha value is -0.800. The van der Waals surface area contributed by atoms with Gasteiger partial charge in [0.15, 0.2) is 0 Å². The van der Waals surface area contributed by atoms with Gasteiger partial charge in [0.25, 0.3) is 0 Å². The third kappa shape index (κ3) is 4.83. The van der Waals surface area contributed by atoms with Crippen LogP contribution in [0.2, 0.25) is 5.02 Å². The van der Waals surface area contributed by atoms with Gasteiger partial charge in [-0.05, 0) is 18.9 Å². The molecule has 0 aliphatic heterocycles. The Kier molecular flexibility index (Phi) is 5.89. The SMILES string of the molecule is CC(C)NCc1nc(OC(C)C(C)C)ccc1Cl. The van der Waals surface area contributed by atoms with E-state index in [1.807, 2.05) is 19.1 Å². The molecule has 18 heavy (non-hydrogen) atoms. The largest absolute Gasteiger partial charge is 0.474 e. The van der Waals surface area contributed by atoms with Gasteiger partial charge in [-0.1, -0.05) is 39.3 Å². The van der Waals surface area contributed by atoms with E-state index in [9.17, 15) is 0 Å². The molecule has 0 saturated carbocycles. The predicted octanol–water partition coefficient (Wildman–Crippen LogP) is 3.66. The Morgan fingerprint density at radius 3 is 2.44 bits per heavy atom. The van der Waals surface area contributed by atoms with Gasteiger partial charge >= 0.3 is 0 Å². The van der Waals surface area contributed by atoms with Crippen molar-refractivity contribution in [1.82, 2.24) is 10.3 Å². The normalized spacial score (nSPS) is 13.1. The van der Waals surface area contributed by atoms with Gasteiger partial charge in [0.2, 0.25) is 5.88 Å². The highest BCUT2D eigenvalue weighted by molar-refractivity contribution is 6.31. The first-order valence-electron chi connectivity index (χ1n) is 6.45. The zero-order chi connectivity index (χ0) is 13.7. The lowest BCUT2D eigenvalue weighted by Crippen LogP contribution is -2.23. The first-order valence-corrected chi connectivity index (χ1v) is 6.83. The number of pyridine rings is 1. The third-order valence-electron chi connectivity index (χ3n) is 2.82. The Morgan fingerprint density at radius 2 is 1.89 bits per heavy atom. The van der Waals surface area contributed by atoms with Crippen molar-refractivity contribution in [2.24, 2.45) is 5.92 Å². The van der Waals surface area contributed by atoms with Gasteiger partial charge in [-0.2, -0.15) is 0 Å². The van der Waals surface area contributed by atoms with Gasteiger partial charge in [0, 0.05) is 18.7 Å². The van der Waals surface area contributed by atoms with Crippen LogP contribution in [0.5, 0.6) is 5.88 Å². The topological polar surface area (TPSA) is 34.2 Å². The highest BCUT2D eigenvalue weighted by atomic mass is 35.5. The maximum Gasteiger partial charge on any atom is 0.213 e. The standard InChI is InChI=1S/C14H23ClN2O/c1-9(2)11(5)18-14-7-6-12(15)13(17-14)8-16-10(3)4/h6-7,9-11,16H,8H2,1-5H3. The molecular formula is C14H23ClN2O. The smallest absolute Gasteiger partial charge is 0.213 e. The molecular weight excluding hydrogens is 248 g/mol. The monoisotopic (exact) mass is 270 g/mol. The summed E-state index contributed by atoms with van der Waals surface area (Å²) in [6.45, 7) is 11.1. The van der Waals surface area contributed by atoms with Crippen LogP contribution in [0.15, 0.2) is 12.1 Å². The van der Waals surface area contributed by atoms with Crippen molar-refractivity contribution >= 4 is 11.6 Å². The second-order valence-corrected chi connectivity index (χ2v) is 5.59. The molecule has 1 atom stereocenters. The van der Waals surface area contributed by atoms with Gasteiger partial charge in [-0.15, -0.1) is 0 Å². The molecule has 102 valence electrons. The number of rotatable bonds is 6. The molecule has 1 heterocycles. The van der Waals surface area contributed by atoms with Gasteiger partial charge in [-0.25, -0.2) is 4.98 Å². The van der Waals surface area contributed by atoms with E-state index in [0.717, 1.165) is 5.69 Å². The summed E-state index contributed by atoms with van der Waals surface area (Å²) in [4.78, 5) is 4.45. The summed E-state index contributed by atoms with van der Waals surface area (Å²) in [6.07, 6.45) is 0.143. The summed E-state index contributed by atoms with van der Waals surface area (Å²) in [6, 6.07) is 4.07. The fraction of sp³-hybridized carbons (Fsp3) is 0.643. The molecule has 1 rings (SSSR count). The summed E-state index contributed by atoms with van der Waals surface area (Å²) in [5.41, 5.74) is 0.832. The van der Waals surface area contributed by atoms with E-state index in [0.29, 0.717) is 29.4 Å². The zero-order valence-electron chi connectivity index (χ0n) is 11.8. The highest BCUT2D eigenvalue weighted by Gasteiger charge is 2.11. The molecule has 0 bridgehead atoms. The summed E-state index contributed by atoms with van der Waals surface area (Å²) < 4.78 is 5.78. The fourth-order valence-electron chi connectivity index (χ4n) is 1.28. The number of hydrogen-bond donors (Lipinski definition) is 1. The zero-order valence-corrected chi connectivity index (χ0v) is 12.6. The van der Waals surface area contributed by atoms with Crippen LogP contribution in [0.4, 0.5) is 0 Å². The summed E-state index contributed by atoms with van der Waals surface area (Å²) in [7, 11) is 0. The minimum absolute atomic E-state index is 0.143. The van der Waals surface area contributed by atoms with E-state index in [2.05, 4.69) is 38.0 Å². The molecule has 4 heteroatoms. The van der Waals surface area contributed by atoms with Crippen LogP contribution in [0.3, 0.4) is 0 Å². The molecule has 0 radical (unpaired) electrons. The molecule has 0 saturated heterocycles. The van der Waals surface area contributed by atoms with Crippen molar-refractivity contribution < 1.29 is 4.74 Å². The first-order chi connectivity index (χ1) is 8.40. The molecule has 3 nitrogen and oxygen atoms in total. The van der Waals surface area contributed by atoms with Gasteiger partial charge < -0.3 is 10.1 Å².